The Bertz CT molecular complexity index is 648. The summed E-state index contributed by atoms with van der Waals surface area (Å²) in [6.07, 6.45) is 1.86. The largest absolute Gasteiger partial charge is 0.497 e. The van der Waals surface area contributed by atoms with Gasteiger partial charge in [-0.15, -0.1) is 0 Å². The highest BCUT2D eigenvalue weighted by Gasteiger charge is 2.08. The average molecular weight is 301 g/mol. The van der Waals surface area contributed by atoms with E-state index in [0.29, 0.717) is 0 Å². The first-order chi connectivity index (χ1) is 10.1. The molecule has 0 saturated carbocycles. The summed E-state index contributed by atoms with van der Waals surface area (Å²) in [5.74, 6) is 0.811. The van der Waals surface area contributed by atoms with Gasteiger partial charge in [-0.2, -0.15) is 0 Å². The predicted molar refractivity (Wildman–Crippen MR) is 89.2 cm³/mol. The van der Waals surface area contributed by atoms with Gasteiger partial charge in [0.25, 0.3) is 0 Å². The molecule has 1 atom stereocenters. The molecule has 3 nitrogen and oxygen atoms in total. The van der Waals surface area contributed by atoms with E-state index in [1.807, 2.05) is 73.6 Å². The molecule has 1 unspecified atom stereocenters. The van der Waals surface area contributed by atoms with Crippen LogP contribution in [0.1, 0.15) is 5.56 Å². The number of ether oxygens (including phenoxy) is 1. The Balaban J connectivity index is 2.19. The quantitative estimate of drug-likeness (QED) is 0.846. The Morgan fingerprint density at radius 3 is 2.33 bits per heavy atom. The third-order valence-electron chi connectivity index (χ3n) is 3.06. The zero-order valence-corrected chi connectivity index (χ0v) is 13.3. The van der Waals surface area contributed by atoms with E-state index in [4.69, 9.17) is 4.74 Å². The first kappa shape index (κ1) is 15.3. The average Bonchev–Trinajstić information content (AvgIpc) is 2.53. The monoisotopic (exact) mass is 301 g/mol. The molecular weight excluding hydrogens is 282 g/mol. The van der Waals surface area contributed by atoms with Crippen LogP contribution < -0.4 is 9.64 Å². The fourth-order valence-electron chi connectivity index (χ4n) is 1.93. The maximum absolute atomic E-state index is 12.4. The van der Waals surface area contributed by atoms with Gasteiger partial charge in [-0.05, 0) is 35.9 Å². The van der Waals surface area contributed by atoms with Crippen LogP contribution in [-0.4, -0.2) is 25.4 Å². The van der Waals surface area contributed by atoms with Gasteiger partial charge < -0.3 is 9.64 Å². The highest BCUT2D eigenvalue weighted by atomic mass is 32.2. The summed E-state index contributed by atoms with van der Waals surface area (Å²) in [7, 11) is 4.36. The van der Waals surface area contributed by atoms with E-state index in [-0.39, 0.29) is 0 Å². The van der Waals surface area contributed by atoms with Gasteiger partial charge in [0.15, 0.2) is 0 Å². The molecule has 2 aromatic rings. The van der Waals surface area contributed by atoms with Crippen molar-refractivity contribution >= 4 is 22.6 Å². The van der Waals surface area contributed by atoms with Crippen molar-refractivity contribution in [3.63, 3.8) is 0 Å². The van der Waals surface area contributed by atoms with Crippen LogP contribution in [0.25, 0.3) is 6.08 Å². The van der Waals surface area contributed by atoms with E-state index >= 15 is 0 Å². The number of rotatable bonds is 5. The molecule has 4 heteroatoms. The number of para-hydroxylation sites is 1. The van der Waals surface area contributed by atoms with Crippen molar-refractivity contribution in [3.05, 3.63) is 59.5 Å². The van der Waals surface area contributed by atoms with Gasteiger partial charge in [0.05, 0.1) is 28.5 Å². The second-order valence-electron chi connectivity index (χ2n) is 4.74. The van der Waals surface area contributed by atoms with Crippen LogP contribution in [0.4, 0.5) is 5.69 Å². The van der Waals surface area contributed by atoms with Crippen LogP contribution in [-0.2, 0) is 10.8 Å². The third kappa shape index (κ3) is 3.95. The Hall–Kier alpha value is -2.07. The van der Waals surface area contributed by atoms with E-state index in [1.54, 1.807) is 12.5 Å². The summed E-state index contributed by atoms with van der Waals surface area (Å²) in [5.41, 5.74) is 1.96. The molecule has 2 aromatic carbocycles. The van der Waals surface area contributed by atoms with Crippen molar-refractivity contribution in [3.8, 4) is 5.75 Å². The molecule has 0 radical (unpaired) electrons. The number of benzene rings is 2. The van der Waals surface area contributed by atoms with Crippen LogP contribution >= 0.6 is 0 Å². The summed E-state index contributed by atoms with van der Waals surface area (Å²) in [6.45, 7) is 0. The molecule has 0 N–H and O–H groups in total. The topological polar surface area (TPSA) is 29.5 Å². The summed E-state index contributed by atoms with van der Waals surface area (Å²) in [4.78, 5) is 2.78. The van der Waals surface area contributed by atoms with Gasteiger partial charge >= 0.3 is 0 Å². The summed E-state index contributed by atoms with van der Waals surface area (Å²) in [6, 6.07) is 15.4. The van der Waals surface area contributed by atoms with Crippen LogP contribution in [0.2, 0.25) is 0 Å². The van der Waals surface area contributed by atoms with Gasteiger partial charge in [0.2, 0.25) is 0 Å². The minimum Gasteiger partial charge on any atom is -0.497 e. The molecule has 0 bridgehead atoms. The van der Waals surface area contributed by atoms with Crippen molar-refractivity contribution in [2.45, 2.75) is 4.90 Å². The van der Waals surface area contributed by atoms with Crippen LogP contribution in [0.15, 0.2) is 58.8 Å². The Morgan fingerprint density at radius 2 is 1.71 bits per heavy atom. The molecule has 0 amide bonds. The van der Waals surface area contributed by atoms with Crippen molar-refractivity contribution in [2.24, 2.45) is 0 Å². The highest BCUT2D eigenvalue weighted by molar-refractivity contribution is 7.88. The maximum Gasteiger partial charge on any atom is 0.118 e. The molecule has 0 saturated heterocycles. The first-order valence-electron chi connectivity index (χ1n) is 6.61. The Morgan fingerprint density at radius 1 is 1.05 bits per heavy atom. The highest BCUT2D eigenvalue weighted by Crippen LogP contribution is 2.23. The lowest BCUT2D eigenvalue weighted by atomic mass is 10.2. The second-order valence-corrected chi connectivity index (χ2v) is 6.04. The van der Waals surface area contributed by atoms with Gasteiger partial charge in [-0.1, -0.05) is 24.3 Å². The summed E-state index contributed by atoms with van der Waals surface area (Å²) in [5, 5.41) is 1.71. The van der Waals surface area contributed by atoms with Crippen LogP contribution in [0.3, 0.4) is 0 Å². The van der Waals surface area contributed by atoms with E-state index in [9.17, 15) is 4.21 Å². The summed E-state index contributed by atoms with van der Waals surface area (Å²) >= 11 is 0. The van der Waals surface area contributed by atoms with Crippen molar-refractivity contribution in [1.82, 2.24) is 0 Å². The van der Waals surface area contributed by atoms with Crippen molar-refractivity contribution in [1.29, 1.82) is 0 Å². The van der Waals surface area contributed by atoms with Crippen molar-refractivity contribution < 1.29 is 8.95 Å². The lowest BCUT2D eigenvalue weighted by Gasteiger charge is -2.15. The standard InChI is InChI=1S/C17H19NO2S/c1-18(2)16-6-4-5-7-17(16)21(19)13-12-14-8-10-15(20-3)11-9-14/h4-13H,1-3H3/b13-12+. The van der Waals surface area contributed by atoms with E-state index in [2.05, 4.69) is 0 Å². The van der Waals surface area contributed by atoms with Crippen molar-refractivity contribution in [2.75, 3.05) is 26.1 Å². The zero-order valence-electron chi connectivity index (χ0n) is 12.4. The minimum atomic E-state index is -1.18. The SMILES string of the molecule is COc1ccc(/C=C/S(=O)c2ccccc2N(C)C)cc1. The summed E-state index contributed by atoms with van der Waals surface area (Å²) < 4.78 is 17.6. The second kappa shape index (κ2) is 7.09. The third-order valence-corrected chi connectivity index (χ3v) is 4.23. The molecule has 0 aliphatic heterocycles. The van der Waals surface area contributed by atoms with Gasteiger partial charge in [0.1, 0.15) is 5.75 Å². The zero-order chi connectivity index (χ0) is 15.2. The van der Waals surface area contributed by atoms with Crippen LogP contribution in [0.5, 0.6) is 5.75 Å². The van der Waals surface area contributed by atoms with E-state index < -0.39 is 10.8 Å². The number of hydrogen-bond donors (Lipinski definition) is 0. The molecule has 110 valence electrons. The van der Waals surface area contributed by atoms with Crippen LogP contribution in [0, 0.1) is 0 Å². The van der Waals surface area contributed by atoms with Gasteiger partial charge in [0, 0.05) is 19.5 Å². The Labute approximate surface area is 128 Å². The molecule has 0 spiro atoms. The van der Waals surface area contributed by atoms with E-state index in [1.165, 1.54) is 0 Å². The molecule has 0 heterocycles. The lowest BCUT2D eigenvalue weighted by Crippen LogP contribution is -2.11. The molecule has 21 heavy (non-hydrogen) atoms. The molecule has 0 aromatic heterocycles. The maximum atomic E-state index is 12.4. The smallest absolute Gasteiger partial charge is 0.118 e. The number of methoxy groups -OCH3 is 1. The van der Waals surface area contributed by atoms with Gasteiger partial charge in [-0.25, -0.2) is 4.21 Å². The molecule has 0 aliphatic rings. The molecular formula is C17H19NO2S. The number of hydrogen-bond acceptors (Lipinski definition) is 3. The fourth-order valence-corrected chi connectivity index (χ4v) is 3.02. The first-order valence-corrected chi connectivity index (χ1v) is 7.82. The van der Waals surface area contributed by atoms with Gasteiger partial charge in [-0.3, -0.25) is 0 Å². The predicted octanol–water partition coefficient (Wildman–Crippen LogP) is 3.54. The Kier molecular flexibility index (Phi) is 5.17. The molecule has 0 fully saturated rings. The minimum absolute atomic E-state index is 0.811. The normalized spacial score (nSPS) is 12.3. The number of anilines is 1. The molecule has 0 aliphatic carbocycles. The molecule has 2 rings (SSSR count). The lowest BCUT2D eigenvalue weighted by molar-refractivity contribution is 0.415. The number of nitrogens with zero attached hydrogens (tertiary/aromatic N) is 1. The van der Waals surface area contributed by atoms with E-state index in [0.717, 1.165) is 21.9 Å². The fraction of sp³-hybridized carbons (Fsp3) is 0.176.